The summed E-state index contributed by atoms with van der Waals surface area (Å²) in [7, 11) is 0. The van der Waals surface area contributed by atoms with Crippen molar-refractivity contribution in [1.29, 1.82) is 0 Å². The van der Waals surface area contributed by atoms with Crippen molar-refractivity contribution in [1.82, 2.24) is 0 Å². The number of fused-ring (bicyclic) bond motifs is 1. The van der Waals surface area contributed by atoms with Crippen LogP contribution in [0.3, 0.4) is 0 Å². The summed E-state index contributed by atoms with van der Waals surface area (Å²) in [5, 5.41) is 0. The molecule has 0 saturated carbocycles. The van der Waals surface area contributed by atoms with Crippen LogP contribution in [0, 0.1) is 0 Å². The summed E-state index contributed by atoms with van der Waals surface area (Å²) in [5.41, 5.74) is 1.17. The molecule has 1 nitrogen and oxygen atoms in total. The molecule has 0 fully saturated rings. The third-order valence-corrected chi connectivity index (χ3v) is 1.55. The molecular weight excluding hydrogens is 395 g/mol. The first-order valence-corrected chi connectivity index (χ1v) is 3.35. The van der Waals surface area contributed by atoms with Crippen molar-refractivity contribution in [3.8, 4) is 5.75 Å². The van der Waals surface area contributed by atoms with Gasteiger partial charge < -0.3 is 4.74 Å². The first kappa shape index (κ1) is 15.6. The topological polar surface area (TPSA) is 9.23 Å². The van der Waals surface area contributed by atoms with Crippen LogP contribution in [-0.2, 0) is 37.8 Å². The average Bonchev–Trinajstić information content (AvgIpc) is 2.05. The first-order valence-electron chi connectivity index (χ1n) is 3.35. The summed E-state index contributed by atoms with van der Waals surface area (Å²) >= 11 is 0. The Morgan fingerprint density at radius 1 is 1.15 bits per heavy atom. The van der Waals surface area contributed by atoms with Gasteiger partial charge in [0.15, 0.2) is 0 Å². The summed E-state index contributed by atoms with van der Waals surface area (Å²) in [6.45, 7) is 0.705. The molecule has 0 bridgehead atoms. The van der Waals surface area contributed by atoms with Crippen LogP contribution in [0.4, 0.5) is 0 Å². The average molecular weight is 403 g/mol. The Bertz CT molecular complexity index is 278. The van der Waals surface area contributed by atoms with Crippen molar-refractivity contribution in [3.63, 3.8) is 0 Å². The normalized spacial score (nSPS) is 10.8. The minimum Gasteiger partial charge on any atom is -0.489 e. The Morgan fingerprint density at radius 3 is 2.54 bits per heavy atom. The summed E-state index contributed by atoms with van der Waals surface area (Å²) < 4.78 is 5.34. The molecule has 2 rings (SSSR count). The van der Waals surface area contributed by atoms with E-state index >= 15 is 0 Å². The summed E-state index contributed by atoms with van der Waals surface area (Å²) in [6, 6.07) is 8.03. The van der Waals surface area contributed by atoms with Crippen molar-refractivity contribution in [2.24, 2.45) is 0 Å². The Kier molecular flexibility index (Phi) is 9.10. The smallest absolute Gasteiger partial charge is 0.126 e. The Hall–Kier alpha value is 0.172. The van der Waals surface area contributed by atoms with E-state index < -0.39 is 0 Å². The number of hydrogen-bond donors (Lipinski definition) is 0. The van der Waals surface area contributed by atoms with E-state index in [1.165, 1.54) is 5.56 Å². The Balaban J connectivity index is 0. The molecule has 1 aliphatic heterocycles. The molecule has 0 spiro atoms. The fourth-order valence-corrected chi connectivity index (χ4v) is 1.06. The Labute approximate surface area is 107 Å². The molecule has 0 saturated heterocycles. The zero-order chi connectivity index (χ0) is 6.81. The summed E-state index contributed by atoms with van der Waals surface area (Å²) in [4.78, 5) is 0. The predicted octanol–water partition coefficient (Wildman–Crippen LogP) is 1.71. The van der Waals surface area contributed by atoms with Gasteiger partial charge in [-0.2, -0.15) is 0 Å². The minimum absolute atomic E-state index is 0. The van der Waals surface area contributed by atoms with E-state index in [9.17, 15) is 0 Å². The van der Waals surface area contributed by atoms with E-state index in [2.05, 4.69) is 6.08 Å². The van der Waals surface area contributed by atoms with Crippen molar-refractivity contribution in [2.45, 2.75) is 0 Å². The van der Waals surface area contributed by atoms with E-state index in [1.807, 2.05) is 30.3 Å². The molecule has 1 aromatic rings. The molecule has 4 heteroatoms. The minimum atomic E-state index is 0. The fraction of sp³-hybridized carbons (Fsp3) is 0.111. The second-order valence-electron chi connectivity index (χ2n) is 2.25. The van der Waals surface area contributed by atoms with Crippen LogP contribution in [0.2, 0.25) is 0 Å². The molecule has 0 atom stereocenters. The number of rotatable bonds is 0. The largest absolute Gasteiger partial charge is 0.489 e. The maximum Gasteiger partial charge on any atom is 0.126 e. The van der Waals surface area contributed by atoms with Crippen LogP contribution in [0.15, 0.2) is 30.3 Å². The molecule has 13 heavy (non-hydrogen) atoms. The second-order valence-corrected chi connectivity index (χ2v) is 2.25. The second kappa shape index (κ2) is 7.56. The van der Waals surface area contributed by atoms with Gasteiger partial charge in [-0.15, -0.1) is 0 Å². The quantitative estimate of drug-likeness (QED) is 0.600. The van der Waals surface area contributed by atoms with Gasteiger partial charge in [-0.25, -0.2) is 0 Å². The molecule has 5 radical (unpaired) electrons. The van der Waals surface area contributed by atoms with E-state index in [4.69, 9.17) is 4.74 Å². The molecular formula is C9H8CoOSiW. The third kappa shape index (κ3) is 3.81. The summed E-state index contributed by atoms with van der Waals surface area (Å²) in [6.07, 6.45) is 4.10. The van der Waals surface area contributed by atoms with Gasteiger partial charge in [0.1, 0.15) is 12.4 Å². The van der Waals surface area contributed by atoms with E-state index in [0.717, 1.165) is 5.75 Å². The molecule has 1 heterocycles. The Morgan fingerprint density at radius 2 is 1.85 bits per heavy atom. The van der Waals surface area contributed by atoms with Gasteiger partial charge in [-0.05, 0) is 12.1 Å². The van der Waals surface area contributed by atoms with Crippen LogP contribution in [0.1, 0.15) is 5.56 Å². The van der Waals surface area contributed by atoms with Crippen molar-refractivity contribution in [3.05, 3.63) is 35.9 Å². The van der Waals surface area contributed by atoms with E-state index in [-0.39, 0.29) is 48.8 Å². The number of ether oxygens (including phenoxy) is 1. The van der Waals surface area contributed by atoms with Gasteiger partial charge in [-0.3, -0.25) is 0 Å². The van der Waals surface area contributed by atoms with Gasteiger partial charge in [-0.1, -0.05) is 24.3 Å². The van der Waals surface area contributed by atoms with Crippen LogP contribution >= 0.6 is 0 Å². The maximum absolute atomic E-state index is 5.34. The zero-order valence-corrected chi connectivity index (χ0v) is 11.8. The fourth-order valence-electron chi connectivity index (χ4n) is 1.06. The van der Waals surface area contributed by atoms with Gasteiger partial charge in [0.25, 0.3) is 0 Å². The van der Waals surface area contributed by atoms with Crippen molar-refractivity contribution in [2.75, 3.05) is 6.61 Å². The van der Waals surface area contributed by atoms with E-state index in [0.29, 0.717) is 6.61 Å². The maximum atomic E-state index is 5.34. The predicted molar refractivity (Wildman–Crippen MR) is 46.7 cm³/mol. The van der Waals surface area contributed by atoms with Crippen LogP contribution in [0.5, 0.6) is 5.75 Å². The molecule has 0 aromatic heterocycles. The first-order chi connectivity index (χ1) is 4.97. The van der Waals surface area contributed by atoms with Crippen molar-refractivity contribution >= 4 is 17.0 Å². The number of hydrogen-bond acceptors (Lipinski definition) is 1. The number of benzene rings is 1. The zero-order valence-electron chi connectivity index (χ0n) is 6.82. The van der Waals surface area contributed by atoms with Gasteiger partial charge in [0.05, 0.1) is 0 Å². The van der Waals surface area contributed by atoms with Crippen LogP contribution < -0.4 is 4.74 Å². The van der Waals surface area contributed by atoms with Gasteiger partial charge in [0.2, 0.25) is 0 Å². The monoisotopic (exact) mass is 403 g/mol. The summed E-state index contributed by atoms with van der Waals surface area (Å²) in [5.74, 6) is 0.991. The third-order valence-electron chi connectivity index (χ3n) is 1.55. The molecule has 1 aromatic carbocycles. The SMILES string of the molecule is C1=Cc2ccccc2OC1.[Co].[Si].[W]. The van der Waals surface area contributed by atoms with Crippen LogP contribution in [-0.4, -0.2) is 17.6 Å². The number of para-hydroxylation sites is 1. The van der Waals surface area contributed by atoms with Crippen molar-refractivity contribution < 1.29 is 42.6 Å². The molecule has 0 aliphatic carbocycles. The van der Waals surface area contributed by atoms with Gasteiger partial charge in [0, 0.05) is 54.4 Å². The molecule has 0 N–H and O–H groups in total. The van der Waals surface area contributed by atoms with E-state index in [1.54, 1.807) is 0 Å². The standard InChI is InChI=1S/C9H8O.Co.Si.W/c1-2-6-9-8(4-1)5-3-7-10-9;;;/h1-6H,7H2;;;. The molecule has 1 aliphatic rings. The van der Waals surface area contributed by atoms with Crippen LogP contribution in [0.25, 0.3) is 6.08 Å². The molecule has 0 unspecified atom stereocenters. The molecule has 69 valence electrons. The van der Waals surface area contributed by atoms with Gasteiger partial charge >= 0.3 is 0 Å². The molecule has 0 amide bonds.